The molecule has 0 radical (unpaired) electrons. The summed E-state index contributed by atoms with van der Waals surface area (Å²) in [6.45, 7) is 1.99. The molecule has 0 saturated heterocycles. The molecule has 0 unspecified atom stereocenters. The zero-order valence-corrected chi connectivity index (χ0v) is 5.76. The van der Waals surface area contributed by atoms with Gasteiger partial charge >= 0.3 is 0 Å². The topological polar surface area (TPSA) is 20.2 Å². The first-order valence-electron chi connectivity index (χ1n) is 3.54. The van der Waals surface area contributed by atoms with Gasteiger partial charge in [0, 0.05) is 1.37 Å². The summed E-state index contributed by atoms with van der Waals surface area (Å²) in [4.78, 5) is 0. The zero-order chi connectivity index (χ0) is 7.98. The Bertz CT molecular complexity index is 148. The summed E-state index contributed by atoms with van der Waals surface area (Å²) in [5.74, 6) is 0.329. The molecule has 1 aromatic rings. The standard InChI is InChI=1S/C7H8O.CH4/c1-6-2-4-7(8)5-3-6;/h2-5,8H,1H3;1H4/i;1T. The number of aryl methyl sites for hydroxylation is 1. The highest BCUT2D eigenvalue weighted by atomic mass is 16.3. The smallest absolute Gasteiger partial charge is 0.115 e. The van der Waals surface area contributed by atoms with E-state index in [1.165, 1.54) is 13.0 Å². The van der Waals surface area contributed by atoms with Gasteiger partial charge in [-0.1, -0.05) is 25.1 Å². The molecule has 0 aliphatic rings. The highest BCUT2D eigenvalue weighted by Crippen LogP contribution is 2.07. The summed E-state index contributed by atoms with van der Waals surface area (Å²) < 4.78 is 5.75. The molecule has 1 nitrogen and oxygen atoms in total. The molecule has 1 N–H and O–H groups in total. The van der Waals surface area contributed by atoms with Crippen molar-refractivity contribution in [1.29, 1.82) is 0 Å². The van der Waals surface area contributed by atoms with Crippen molar-refractivity contribution < 1.29 is 6.48 Å². The Hall–Kier alpha value is -0.980. The third-order valence-electron chi connectivity index (χ3n) is 1.03. The molecule has 0 fully saturated rings. The molecule has 0 atom stereocenters. The SMILES string of the molecule is Cc1ccc(O)cc1.[3H]C. The van der Waals surface area contributed by atoms with Gasteiger partial charge in [-0.05, 0) is 19.1 Å². The van der Waals surface area contributed by atoms with Crippen LogP contribution in [0.25, 0.3) is 0 Å². The predicted molar refractivity (Wildman–Crippen MR) is 39.6 cm³/mol. The summed E-state index contributed by atoms with van der Waals surface area (Å²) in [5, 5.41) is 8.76. The molecule has 50 valence electrons. The van der Waals surface area contributed by atoms with E-state index in [1.54, 1.807) is 12.1 Å². The first-order chi connectivity index (χ1) is 4.79. The molecular weight excluding hydrogens is 112 g/mol. The number of hydrogen-bond donors (Lipinski definition) is 1. The molecule has 0 aliphatic carbocycles. The molecule has 0 aromatic heterocycles. The normalized spacial score (nSPS) is 8.89. The summed E-state index contributed by atoms with van der Waals surface area (Å²) >= 11 is 0. The highest BCUT2D eigenvalue weighted by Gasteiger charge is 1.82. The fourth-order valence-corrected chi connectivity index (χ4v) is 0.545. The first kappa shape index (κ1) is 6.14. The van der Waals surface area contributed by atoms with E-state index in [0.29, 0.717) is 5.75 Å². The molecule has 1 rings (SSSR count). The molecule has 0 heterocycles. The largest absolute Gasteiger partial charge is 0.508 e. The van der Waals surface area contributed by atoms with E-state index in [4.69, 9.17) is 6.48 Å². The third kappa shape index (κ3) is 2.17. The molecule has 1 heteroatoms. The third-order valence-corrected chi connectivity index (χ3v) is 1.03. The van der Waals surface area contributed by atoms with Gasteiger partial charge in [0.15, 0.2) is 0 Å². The Morgan fingerprint density at radius 3 is 2.11 bits per heavy atom. The predicted octanol–water partition coefficient (Wildman–Crippen LogP) is 2.34. The maximum atomic E-state index is 8.76. The fourth-order valence-electron chi connectivity index (χ4n) is 0.545. The van der Waals surface area contributed by atoms with Crippen LogP contribution in [0, 0.1) is 6.92 Å². The van der Waals surface area contributed by atoms with Crippen LogP contribution in [0.15, 0.2) is 24.3 Å². The Morgan fingerprint density at radius 1 is 1.33 bits per heavy atom. The molecule has 0 amide bonds. The quantitative estimate of drug-likeness (QED) is 0.565. The van der Waals surface area contributed by atoms with E-state index in [0.717, 1.165) is 0 Å². The minimum Gasteiger partial charge on any atom is -0.508 e. The monoisotopic (exact) mass is 126 g/mol. The van der Waals surface area contributed by atoms with Crippen molar-refractivity contribution in [3.05, 3.63) is 29.8 Å². The van der Waals surface area contributed by atoms with Crippen LogP contribution >= 0.6 is 0 Å². The van der Waals surface area contributed by atoms with Crippen LogP contribution in [0.3, 0.4) is 0 Å². The van der Waals surface area contributed by atoms with Crippen molar-refractivity contribution in [1.82, 2.24) is 0 Å². The fraction of sp³-hybridized carbons (Fsp3) is 0.250. The average Bonchev–Trinajstić information content (AvgIpc) is 2.00. The van der Waals surface area contributed by atoms with E-state index in [9.17, 15) is 0 Å². The molecule has 0 saturated carbocycles. The summed E-state index contributed by atoms with van der Waals surface area (Å²) in [7, 11) is 1.25. The van der Waals surface area contributed by atoms with Gasteiger partial charge in [-0.15, -0.1) is 0 Å². The van der Waals surface area contributed by atoms with E-state index in [1.807, 2.05) is 19.1 Å². The second-order valence-corrected chi connectivity index (χ2v) is 1.84. The van der Waals surface area contributed by atoms with Crippen molar-refractivity contribution in [2.24, 2.45) is 0 Å². The van der Waals surface area contributed by atoms with Gasteiger partial charge in [-0.2, -0.15) is 0 Å². The van der Waals surface area contributed by atoms with Crippen molar-refractivity contribution >= 4 is 0 Å². The number of rotatable bonds is 0. The number of phenols is 1. The van der Waals surface area contributed by atoms with Crippen LogP contribution in [-0.4, -0.2) is 5.11 Å². The Labute approximate surface area is 57.4 Å². The lowest BCUT2D eigenvalue weighted by molar-refractivity contribution is 0.475. The number of benzene rings is 1. The van der Waals surface area contributed by atoms with Crippen molar-refractivity contribution in [2.45, 2.75) is 14.3 Å². The van der Waals surface area contributed by atoms with Crippen LogP contribution in [0.5, 0.6) is 5.75 Å². The average molecular weight is 126 g/mol. The molecular formula is C8H12O. The summed E-state index contributed by atoms with van der Waals surface area (Å²) in [6.07, 6.45) is 0. The minimum atomic E-state index is 0.329. The van der Waals surface area contributed by atoms with Crippen LogP contribution in [-0.2, 0) is 0 Å². The lowest BCUT2D eigenvalue weighted by Gasteiger charge is -1.89. The second kappa shape index (κ2) is 3.13. The maximum Gasteiger partial charge on any atom is 0.115 e. The van der Waals surface area contributed by atoms with E-state index < -0.39 is 0 Å². The van der Waals surface area contributed by atoms with Gasteiger partial charge in [-0.25, -0.2) is 0 Å². The Morgan fingerprint density at radius 2 is 1.78 bits per heavy atom. The number of aromatic hydroxyl groups is 1. The van der Waals surface area contributed by atoms with Crippen LogP contribution in [0.4, 0.5) is 0 Å². The van der Waals surface area contributed by atoms with E-state index in [2.05, 4.69) is 0 Å². The molecule has 0 bridgehead atoms. The molecule has 9 heavy (non-hydrogen) atoms. The van der Waals surface area contributed by atoms with Gasteiger partial charge in [0.25, 0.3) is 0 Å². The van der Waals surface area contributed by atoms with Crippen molar-refractivity contribution in [3.8, 4) is 5.75 Å². The number of phenolic OH excluding ortho intramolecular Hbond substituents is 1. The summed E-state index contributed by atoms with van der Waals surface area (Å²) in [5.41, 5.74) is 1.17. The maximum absolute atomic E-state index is 8.76. The van der Waals surface area contributed by atoms with E-state index in [-0.39, 0.29) is 0 Å². The molecule has 0 aliphatic heterocycles. The van der Waals surface area contributed by atoms with Crippen molar-refractivity contribution in [2.75, 3.05) is 0 Å². The molecule has 1 aromatic carbocycles. The number of hydrogen-bond acceptors (Lipinski definition) is 1. The lowest BCUT2D eigenvalue weighted by Crippen LogP contribution is -1.66. The van der Waals surface area contributed by atoms with Gasteiger partial charge < -0.3 is 5.11 Å². The summed E-state index contributed by atoms with van der Waals surface area (Å²) in [6, 6.07) is 7.09. The van der Waals surface area contributed by atoms with E-state index >= 15 is 0 Å². The van der Waals surface area contributed by atoms with Crippen LogP contribution in [0.2, 0.25) is 0 Å². The Balaban J connectivity index is 0.000000371. The van der Waals surface area contributed by atoms with Gasteiger partial charge in [-0.3, -0.25) is 0 Å². The minimum absolute atomic E-state index is 0.329. The first-order valence-corrected chi connectivity index (χ1v) is 2.54. The van der Waals surface area contributed by atoms with Gasteiger partial charge in [0.2, 0.25) is 0 Å². The van der Waals surface area contributed by atoms with Crippen LogP contribution in [0.1, 0.15) is 14.3 Å². The second-order valence-electron chi connectivity index (χ2n) is 1.84. The van der Waals surface area contributed by atoms with Gasteiger partial charge in [0.1, 0.15) is 5.75 Å². The van der Waals surface area contributed by atoms with Gasteiger partial charge in [0.05, 0.1) is 0 Å². The lowest BCUT2D eigenvalue weighted by atomic mass is 10.2. The van der Waals surface area contributed by atoms with Crippen molar-refractivity contribution in [3.63, 3.8) is 0 Å². The zero-order valence-electron chi connectivity index (χ0n) is 6.76. The highest BCUT2D eigenvalue weighted by molar-refractivity contribution is 5.24. The van der Waals surface area contributed by atoms with Crippen LogP contribution < -0.4 is 0 Å². The Kier molecular flexibility index (Phi) is 2.13. The molecule has 0 spiro atoms.